The van der Waals surface area contributed by atoms with Crippen LogP contribution in [0.2, 0.25) is 0 Å². The van der Waals surface area contributed by atoms with Gasteiger partial charge in [-0.1, -0.05) is 24.6 Å². The van der Waals surface area contributed by atoms with Gasteiger partial charge in [0, 0.05) is 18.6 Å². The summed E-state index contributed by atoms with van der Waals surface area (Å²) in [5.41, 5.74) is 2.80. The minimum atomic E-state index is 0.219. The van der Waals surface area contributed by atoms with E-state index in [0.29, 0.717) is 0 Å². The van der Waals surface area contributed by atoms with Crippen molar-refractivity contribution in [2.45, 2.75) is 26.7 Å². The van der Waals surface area contributed by atoms with Gasteiger partial charge < -0.3 is 14.8 Å². The average molecular weight is 263 g/mol. The van der Waals surface area contributed by atoms with Crippen LogP contribution in [0.25, 0.3) is 0 Å². The molecule has 0 aliphatic carbocycles. The first-order chi connectivity index (χ1) is 9.19. The fourth-order valence-electron chi connectivity index (χ4n) is 2.83. The zero-order valence-electron chi connectivity index (χ0n) is 12.3. The Hall–Kier alpha value is -1.06. The van der Waals surface area contributed by atoms with E-state index in [2.05, 4.69) is 37.4 Å². The molecule has 0 radical (unpaired) electrons. The lowest BCUT2D eigenvalue weighted by atomic mass is 9.80. The molecule has 0 amide bonds. The Balaban J connectivity index is 2.19. The van der Waals surface area contributed by atoms with Crippen molar-refractivity contribution >= 4 is 0 Å². The third kappa shape index (κ3) is 3.48. The normalized spacial score (nSPS) is 22.7. The van der Waals surface area contributed by atoms with Crippen LogP contribution in [0.5, 0.6) is 5.75 Å². The van der Waals surface area contributed by atoms with Crippen LogP contribution in [0.15, 0.2) is 18.2 Å². The highest BCUT2D eigenvalue weighted by molar-refractivity contribution is 5.37. The second kappa shape index (κ2) is 6.40. The van der Waals surface area contributed by atoms with E-state index in [1.165, 1.54) is 11.1 Å². The molecule has 2 rings (SSSR count). The van der Waals surface area contributed by atoms with Gasteiger partial charge in [0.1, 0.15) is 5.75 Å². The largest absolute Gasteiger partial charge is 0.496 e. The van der Waals surface area contributed by atoms with Crippen LogP contribution in [-0.4, -0.2) is 33.4 Å². The van der Waals surface area contributed by atoms with Gasteiger partial charge in [-0.15, -0.1) is 0 Å². The Labute approximate surface area is 116 Å². The molecule has 106 valence electrons. The zero-order valence-corrected chi connectivity index (χ0v) is 12.3. The molecule has 1 N–H and O–H groups in total. The maximum absolute atomic E-state index is 5.65. The van der Waals surface area contributed by atoms with Crippen molar-refractivity contribution in [3.8, 4) is 5.75 Å². The quantitative estimate of drug-likeness (QED) is 0.855. The number of hydrogen-bond acceptors (Lipinski definition) is 3. The van der Waals surface area contributed by atoms with Gasteiger partial charge in [-0.2, -0.15) is 0 Å². The summed E-state index contributed by atoms with van der Waals surface area (Å²) in [5, 5.41) is 3.48. The molecule has 0 aromatic heterocycles. The second-order valence-electron chi connectivity index (χ2n) is 5.57. The summed E-state index contributed by atoms with van der Waals surface area (Å²) in [6, 6.07) is 6.41. The second-order valence-corrected chi connectivity index (χ2v) is 5.57. The van der Waals surface area contributed by atoms with Crippen molar-refractivity contribution in [3.63, 3.8) is 0 Å². The molecule has 0 saturated carbocycles. The van der Waals surface area contributed by atoms with Crippen molar-refractivity contribution in [3.05, 3.63) is 29.3 Å². The van der Waals surface area contributed by atoms with Crippen LogP contribution in [0.4, 0.5) is 0 Å². The van der Waals surface area contributed by atoms with E-state index in [1.54, 1.807) is 7.11 Å². The maximum Gasteiger partial charge on any atom is 0.122 e. The number of ether oxygens (including phenoxy) is 2. The molecule has 1 saturated heterocycles. The molecule has 3 heteroatoms. The van der Waals surface area contributed by atoms with Gasteiger partial charge >= 0.3 is 0 Å². The Morgan fingerprint density at radius 3 is 2.89 bits per heavy atom. The minimum absolute atomic E-state index is 0.219. The first-order valence-electron chi connectivity index (χ1n) is 7.11. The number of rotatable bonds is 6. The zero-order chi connectivity index (χ0) is 13.7. The molecular formula is C16H25NO2. The summed E-state index contributed by atoms with van der Waals surface area (Å²) in [5.74, 6) is 0.994. The van der Waals surface area contributed by atoms with Gasteiger partial charge in [0.2, 0.25) is 0 Å². The lowest BCUT2D eigenvalue weighted by Gasteiger charge is -2.28. The fourth-order valence-corrected chi connectivity index (χ4v) is 2.83. The van der Waals surface area contributed by atoms with E-state index < -0.39 is 0 Å². The SMILES string of the molecule is CCNCC1(Cc2cc(C)ccc2OC)CCOC1. The lowest BCUT2D eigenvalue weighted by Crippen LogP contribution is -2.36. The van der Waals surface area contributed by atoms with Crippen molar-refractivity contribution in [1.82, 2.24) is 5.32 Å². The van der Waals surface area contributed by atoms with E-state index in [0.717, 1.165) is 44.9 Å². The molecule has 1 fully saturated rings. The third-order valence-corrected chi connectivity index (χ3v) is 3.94. The van der Waals surface area contributed by atoms with Crippen LogP contribution >= 0.6 is 0 Å². The number of methoxy groups -OCH3 is 1. The van der Waals surface area contributed by atoms with Crippen molar-refractivity contribution in [2.75, 3.05) is 33.4 Å². The highest BCUT2D eigenvalue weighted by atomic mass is 16.5. The Bertz CT molecular complexity index is 411. The summed E-state index contributed by atoms with van der Waals surface area (Å²) in [4.78, 5) is 0. The predicted octanol–water partition coefficient (Wildman–Crippen LogP) is 2.56. The molecule has 1 aliphatic heterocycles. The number of benzene rings is 1. The van der Waals surface area contributed by atoms with Crippen molar-refractivity contribution in [1.29, 1.82) is 0 Å². The van der Waals surface area contributed by atoms with E-state index in [-0.39, 0.29) is 5.41 Å². The number of nitrogens with one attached hydrogen (secondary N) is 1. The van der Waals surface area contributed by atoms with E-state index in [4.69, 9.17) is 9.47 Å². The monoisotopic (exact) mass is 263 g/mol. The summed E-state index contributed by atoms with van der Waals surface area (Å²) in [7, 11) is 1.75. The number of aryl methyl sites for hydroxylation is 1. The highest BCUT2D eigenvalue weighted by Crippen LogP contribution is 2.35. The lowest BCUT2D eigenvalue weighted by molar-refractivity contribution is 0.149. The minimum Gasteiger partial charge on any atom is -0.496 e. The summed E-state index contributed by atoms with van der Waals surface area (Å²) >= 11 is 0. The Morgan fingerprint density at radius 2 is 2.26 bits per heavy atom. The molecule has 19 heavy (non-hydrogen) atoms. The van der Waals surface area contributed by atoms with Crippen LogP contribution < -0.4 is 10.1 Å². The fraction of sp³-hybridized carbons (Fsp3) is 0.625. The molecule has 1 aromatic rings. The van der Waals surface area contributed by atoms with Crippen LogP contribution in [0.3, 0.4) is 0 Å². The summed E-state index contributed by atoms with van der Waals surface area (Å²) in [6.07, 6.45) is 2.14. The molecule has 0 spiro atoms. The standard InChI is InChI=1S/C16H25NO2/c1-4-17-11-16(7-8-19-12-16)10-14-9-13(2)5-6-15(14)18-3/h5-6,9,17H,4,7-8,10-12H2,1-3H3. The molecular weight excluding hydrogens is 238 g/mol. The molecule has 0 bridgehead atoms. The Kier molecular flexibility index (Phi) is 4.83. The van der Waals surface area contributed by atoms with Crippen molar-refractivity contribution < 1.29 is 9.47 Å². The molecule has 1 aromatic carbocycles. The third-order valence-electron chi connectivity index (χ3n) is 3.94. The van der Waals surface area contributed by atoms with Gasteiger partial charge in [0.25, 0.3) is 0 Å². The summed E-state index contributed by atoms with van der Waals surface area (Å²) in [6.45, 7) is 8.02. The van der Waals surface area contributed by atoms with Crippen LogP contribution in [0, 0.1) is 12.3 Å². The van der Waals surface area contributed by atoms with Crippen LogP contribution in [-0.2, 0) is 11.2 Å². The molecule has 3 nitrogen and oxygen atoms in total. The first kappa shape index (κ1) is 14.4. The predicted molar refractivity (Wildman–Crippen MR) is 77.8 cm³/mol. The van der Waals surface area contributed by atoms with Crippen LogP contribution in [0.1, 0.15) is 24.5 Å². The Morgan fingerprint density at radius 1 is 1.42 bits per heavy atom. The van der Waals surface area contributed by atoms with Gasteiger partial charge in [-0.3, -0.25) is 0 Å². The topological polar surface area (TPSA) is 30.5 Å². The molecule has 1 atom stereocenters. The summed E-state index contributed by atoms with van der Waals surface area (Å²) < 4.78 is 11.2. The van der Waals surface area contributed by atoms with E-state index in [1.807, 2.05) is 0 Å². The number of hydrogen-bond donors (Lipinski definition) is 1. The maximum atomic E-state index is 5.65. The van der Waals surface area contributed by atoms with E-state index >= 15 is 0 Å². The first-order valence-corrected chi connectivity index (χ1v) is 7.11. The van der Waals surface area contributed by atoms with E-state index in [9.17, 15) is 0 Å². The van der Waals surface area contributed by atoms with Gasteiger partial charge in [-0.25, -0.2) is 0 Å². The highest BCUT2D eigenvalue weighted by Gasteiger charge is 2.35. The average Bonchev–Trinajstić information content (AvgIpc) is 2.86. The molecule has 1 heterocycles. The smallest absolute Gasteiger partial charge is 0.122 e. The van der Waals surface area contributed by atoms with Gasteiger partial charge in [0.05, 0.1) is 13.7 Å². The van der Waals surface area contributed by atoms with Gasteiger partial charge in [0.15, 0.2) is 0 Å². The molecule has 1 unspecified atom stereocenters. The van der Waals surface area contributed by atoms with Crippen molar-refractivity contribution in [2.24, 2.45) is 5.41 Å². The molecule has 1 aliphatic rings. The van der Waals surface area contributed by atoms with Gasteiger partial charge in [-0.05, 0) is 37.9 Å².